The summed E-state index contributed by atoms with van der Waals surface area (Å²) < 4.78 is 0. The van der Waals surface area contributed by atoms with Gasteiger partial charge in [-0.1, -0.05) is 27.7 Å². The maximum Gasteiger partial charge on any atom is 0.0592 e. The first-order chi connectivity index (χ1) is 7.25. The standard InChI is InChI=1S/C8H11N3.2C2H6/c1-6(10-2)7-3-4-11-5-8(7)9;2*1-2/h3-5H,9H2,1-2H3;2*1-2H3. The van der Waals surface area contributed by atoms with Crippen molar-refractivity contribution in [2.75, 3.05) is 12.8 Å². The molecule has 0 unspecified atom stereocenters. The molecule has 0 spiro atoms. The third-order valence-corrected chi connectivity index (χ3v) is 1.58. The van der Waals surface area contributed by atoms with Gasteiger partial charge < -0.3 is 5.73 Å². The summed E-state index contributed by atoms with van der Waals surface area (Å²) in [4.78, 5) is 7.91. The van der Waals surface area contributed by atoms with Crippen LogP contribution in [0.1, 0.15) is 40.2 Å². The number of pyridine rings is 1. The van der Waals surface area contributed by atoms with Crippen LogP contribution in [0, 0.1) is 0 Å². The molecule has 0 radical (unpaired) electrons. The predicted molar refractivity (Wildman–Crippen MR) is 69.5 cm³/mol. The van der Waals surface area contributed by atoms with Crippen molar-refractivity contribution in [2.45, 2.75) is 34.6 Å². The molecule has 0 aromatic carbocycles. The van der Waals surface area contributed by atoms with E-state index in [0.29, 0.717) is 5.69 Å². The van der Waals surface area contributed by atoms with Crippen molar-refractivity contribution in [2.24, 2.45) is 4.99 Å². The van der Waals surface area contributed by atoms with Crippen molar-refractivity contribution in [1.82, 2.24) is 4.98 Å². The zero-order valence-corrected chi connectivity index (χ0v) is 10.7. The quantitative estimate of drug-likeness (QED) is 0.722. The number of nitrogens with two attached hydrogens (primary N) is 1. The lowest BCUT2D eigenvalue weighted by atomic mass is 10.1. The van der Waals surface area contributed by atoms with Crippen molar-refractivity contribution in [3.8, 4) is 0 Å². The summed E-state index contributed by atoms with van der Waals surface area (Å²) in [5, 5.41) is 0. The smallest absolute Gasteiger partial charge is 0.0592 e. The molecule has 0 saturated carbocycles. The average Bonchev–Trinajstić information content (AvgIpc) is 2.34. The molecule has 0 bridgehead atoms. The fraction of sp³-hybridized carbons (Fsp3) is 0.500. The average molecular weight is 209 g/mol. The lowest BCUT2D eigenvalue weighted by Gasteiger charge is -2.01. The zero-order chi connectivity index (χ0) is 12.3. The number of nitrogen functional groups attached to an aromatic ring is 1. The van der Waals surface area contributed by atoms with Gasteiger partial charge in [0.25, 0.3) is 0 Å². The highest BCUT2D eigenvalue weighted by atomic mass is 14.7. The molecule has 1 aromatic rings. The molecule has 2 N–H and O–H groups in total. The Morgan fingerprint density at radius 2 is 1.80 bits per heavy atom. The minimum Gasteiger partial charge on any atom is -0.397 e. The number of rotatable bonds is 1. The van der Waals surface area contributed by atoms with E-state index < -0.39 is 0 Å². The molecule has 0 fully saturated rings. The molecule has 0 saturated heterocycles. The molecule has 86 valence electrons. The minimum absolute atomic E-state index is 0.676. The van der Waals surface area contributed by atoms with Gasteiger partial charge in [-0.2, -0.15) is 0 Å². The van der Waals surface area contributed by atoms with Crippen molar-refractivity contribution in [1.29, 1.82) is 0 Å². The normalized spacial score (nSPS) is 9.33. The first-order valence-corrected chi connectivity index (χ1v) is 5.39. The Labute approximate surface area is 93.5 Å². The largest absolute Gasteiger partial charge is 0.397 e. The first kappa shape index (κ1) is 16.1. The van der Waals surface area contributed by atoms with E-state index in [4.69, 9.17) is 5.73 Å². The van der Waals surface area contributed by atoms with Gasteiger partial charge in [-0.05, 0) is 13.0 Å². The number of anilines is 1. The van der Waals surface area contributed by atoms with E-state index in [0.717, 1.165) is 11.3 Å². The Morgan fingerprint density at radius 3 is 2.20 bits per heavy atom. The van der Waals surface area contributed by atoms with E-state index in [1.54, 1.807) is 19.4 Å². The van der Waals surface area contributed by atoms with E-state index in [1.165, 1.54) is 0 Å². The number of hydrogen-bond acceptors (Lipinski definition) is 3. The third kappa shape index (κ3) is 5.83. The van der Waals surface area contributed by atoms with Crippen molar-refractivity contribution in [3.05, 3.63) is 24.0 Å². The molecule has 1 aromatic heterocycles. The van der Waals surface area contributed by atoms with Crippen LogP contribution in [0.2, 0.25) is 0 Å². The molecular formula is C12H23N3. The summed E-state index contributed by atoms with van der Waals surface area (Å²) in [6.45, 7) is 9.92. The number of aromatic nitrogens is 1. The second kappa shape index (κ2) is 10.7. The molecule has 3 nitrogen and oxygen atoms in total. The highest BCUT2D eigenvalue weighted by Gasteiger charge is 1.99. The lowest BCUT2D eigenvalue weighted by molar-refractivity contribution is 1.31. The molecule has 0 aliphatic carbocycles. The summed E-state index contributed by atoms with van der Waals surface area (Å²) in [5.74, 6) is 0. The summed E-state index contributed by atoms with van der Waals surface area (Å²) in [6, 6.07) is 1.86. The second-order valence-electron chi connectivity index (χ2n) is 2.27. The van der Waals surface area contributed by atoms with Crippen molar-refractivity contribution < 1.29 is 0 Å². The van der Waals surface area contributed by atoms with E-state index >= 15 is 0 Å². The van der Waals surface area contributed by atoms with Gasteiger partial charge in [-0.25, -0.2) is 0 Å². The minimum atomic E-state index is 0.676. The fourth-order valence-corrected chi connectivity index (χ4v) is 0.857. The highest BCUT2D eigenvalue weighted by molar-refractivity contribution is 6.02. The Bertz CT molecular complexity index is 280. The Morgan fingerprint density at radius 1 is 1.27 bits per heavy atom. The molecule has 1 rings (SSSR count). The fourth-order valence-electron chi connectivity index (χ4n) is 0.857. The second-order valence-corrected chi connectivity index (χ2v) is 2.27. The summed E-state index contributed by atoms with van der Waals surface area (Å²) >= 11 is 0. The van der Waals surface area contributed by atoms with Crippen molar-refractivity contribution in [3.63, 3.8) is 0 Å². The van der Waals surface area contributed by atoms with Crippen LogP contribution in [-0.2, 0) is 0 Å². The van der Waals surface area contributed by atoms with Crippen LogP contribution in [0.5, 0.6) is 0 Å². The highest BCUT2D eigenvalue weighted by Crippen LogP contribution is 2.09. The van der Waals surface area contributed by atoms with Gasteiger partial charge >= 0.3 is 0 Å². The molecule has 3 heteroatoms. The van der Waals surface area contributed by atoms with E-state index in [-0.39, 0.29) is 0 Å². The van der Waals surface area contributed by atoms with Gasteiger partial charge in [0, 0.05) is 24.5 Å². The number of hydrogen-bond donors (Lipinski definition) is 1. The van der Waals surface area contributed by atoms with Crippen LogP contribution in [0.4, 0.5) is 5.69 Å². The summed E-state index contributed by atoms with van der Waals surface area (Å²) in [5.41, 5.74) is 8.23. The topological polar surface area (TPSA) is 51.3 Å². The van der Waals surface area contributed by atoms with Gasteiger partial charge in [0.15, 0.2) is 0 Å². The summed E-state index contributed by atoms with van der Waals surface area (Å²) in [6.07, 6.45) is 3.34. The van der Waals surface area contributed by atoms with Gasteiger partial charge in [0.1, 0.15) is 0 Å². The maximum absolute atomic E-state index is 5.65. The number of aliphatic imine (C=N–C) groups is 1. The van der Waals surface area contributed by atoms with E-state index in [9.17, 15) is 0 Å². The van der Waals surface area contributed by atoms with Gasteiger partial charge in [-0.15, -0.1) is 0 Å². The third-order valence-electron chi connectivity index (χ3n) is 1.58. The van der Waals surface area contributed by atoms with Crippen LogP contribution in [-0.4, -0.2) is 17.7 Å². The van der Waals surface area contributed by atoms with Crippen LogP contribution in [0.15, 0.2) is 23.5 Å². The maximum atomic E-state index is 5.65. The van der Waals surface area contributed by atoms with E-state index in [1.807, 2.05) is 40.7 Å². The SMILES string of the molecule is CC.CC.CN=C(C)c1ccncc1N. The van der Waals surface area contributed by atoms with Crippen LogP contribution < -0.4 is 5.73 Å². The molecule has 0 amide bonds. The van der Waals surface area contributed by atoms with Crippen LogP contribution >= 0.6 is 0 Å². The summed E-state index contributed by atoms with van der Waals surface area (Å²) in [7, 11) is 1.75. The first-order valence-electron chi connectivity index (χ1n) is 5.39. The molecule has 0 aliphatic heterocycles. The van der Waals surface area contributed by atoms with Crippen molar-refractivity contribution >= 4 is 11.4 Å². The van der Waals surface area contributed by atoms with Gasteiger partial charge in [0.2, 0.25) is 0 Å². The number of nitrogens with zero attached hydrogens (tertiary/aromatic N) is 2. The van der Waals surface area contributed by atoms with Gasteiger partial charge in [-0.3, -0.25) is 9.98 Å². The monoisotopic (exact) mass is 209 g/mol. The molecule has 0 aliphatic rings. The van der Waals surface area contributed by atoms with E-state index in [2.05, 4.69) is 9.98 Å². The lowest BCUT2D eigenvalue weighted by Crippen LogP contribution is -2.00. The predicted octanol–water partition coefficient (Wildman–Crippen LogP) is 3.16. The molecule has 0 atom stereocenters. The molecule has 15 heavy (non-hydrogen) atoms. The van der Waals surface area contributed by atoms with Crippen LogP contribution in [0.3, 0.4) is 0 Å². The Balaban J connectivity index is 0. The molecular weight excluding hydrogens is 186 g/mol. The zero-order valence-electron chi connectivity index (χ0n) is 10.7. The Hall–Kier alpha value is -1.38. The Kier molecular flexibility index (Phi) is 11.5. The molecule has 1 heterocycles. The van der Waals surface area contributed by atoms with Gasteiger partial charge in [0.05, 0.1) is 11.9 Å². The van der Waals surface area contributed by atoms with Crippen LogP contribution in [0.25, 0.3) is 0 Å².